The van der Waals surface area contributed by atoms with Crippen molar-refractivity contribution in [3.05, 3.63) is 91.5 Å². The van der Waals surface area contributed by atoms with Crippen molar-refractivity contribution in [3.63, 3.8) is 0 Å². The van der Waals surface area contributed by atoms with E-state index in [1.807, 2.05) is 12.1 Å². The van der Waals surface area contributed by atoms with Gasteiger partial charge in [-0.15, -0.1) is 0 Å². The van der Waals surface area contributed by atoms with E-state index in [0.29, 0.717) is 44.7 Å². The van der Waals surface area contributed by atoms with E-state index in [4.69, 9.17) is 9.47 Å². The zero-order valence-electron chi connectivity index (χ0n) is 21.6. The van der Waals surface area contributed by atoms with Crippen molar-refractivity contribution in [2.24, 2.45) is 0 Å². The van der Waals surface area contributed by atoms with E-state index >= 15 is 0 Å². The molecule has 0 spiro atoms. The number of thioether (sulfide) groups is 1. The van der Waals surface area contributed by atoms with Gasteiger partial charge in [-0.2, -0.15) is 0 Å². The van der Waals surface area contributed by atoms with Crippen LogP contribution in [0, 0.1) is 5.82 Å². The number of benzene rings is 3. The molecule has 2 fully saturated rings. The summed E-state index contributed by atoms with van der Waals surface area (Å²) >= 11 is 7.69. The van der Waals surface area contributed by atoms with Crippen molar-refractivity contribution in [1.82, 2.24) is 4.90 Å². The van der Waals surface area contributed by atoms with Crippen LogP contribution in [0.5, 0.6) is 5.75 Å². The standard InChI is InChI=1S/C29H24Br2FN3O5S/c30-22-13-18(14-23(31)27(22)40-17-19-3-1-2-4-24(19)32)15-25-28(37)35(29(38)41-25)16-26(36)33-20-5-7-21(8-6-20)34-9-11-39-12-10-34/h1-8,13-15H,9-12,16-17H2,(H,33,36)/b25-15+. The highest BCUT2D eigenvalue weighted by Crippen LogP contribution is 2.38. The minimum Gasteiger partial charge on any atom is -0.486 e. The molecular weight excluding hydrogens is 681 g/mol. The SMILES string of the molecule is O=C(CN1C(=O)S/C(=C/c2cc(Br)c(OCc3ccccc3F)c(Br)c2)C1=O)Nc1ccc(N2CCOCC2)cc1. The molecular formula is C29H24Br2FN3O5S. The van der Waals surface area contributed by atoms with E-state index in [1.165, 1.54) is 6.07 Å². The Hall–Kier alpha value is -3.19. The predicted octanol–water partition coefficient (Wildman–Crippen LogP) is 6.44. The number of halogens is 3. The fourth-order valence-electron chi connectivity index (χ4n) is 4.28. The summed E-state index contributed by atoms with van der Waals surface area (Å²) in [6, 6.07) is 17.2. The van der Waals surface area contributed by atoms with Gasteiger partial charge in [0.05, 0.1) is 27.1 Å². The summed E-state index contributed by atoms with van der Waals surface area (Å²) in [4.78, 5) is 41.6. The molecule has 0 saturated carbocycles. The smallest absolute Gasteiger partial charge is 0.294 e. The molecule has 3 aromatic carbocycles. The van der Waals surface area contributed by atoms with Crippen LogP contribution >= 0.6 is 43.6 Å². The first-order chi connectivity index (χ1) is 19.8. The fraction of sp³-hybridized carbons (Fsp3) is 0.207. The molecule has 41 heavy (non-hydrogen) atoms. The Labute approximate surface area is 257 Å². The Balaban J connectivity index is 1.20. The molecule has 5 rings (SSSR count). The van der Waals surface area contributed by atoms with Crippen molar-refractivity contribution in [3.8, 4) is 5.75 Å². The van der Waals surface area contributed by atoms with Crippen molar-refractivity contribution in [2.75, 3.05) is 43.1 Å². The van der Waals surface area contributed by atoms with Crippen LogP contribution in [0.1, 0.15) is 11.1 Å². The molecule has 2 aliphatic rings. The van der Waals surface area contributed by atoms with Gasteiger partial charge in [0.1, 0.15) is 24.7 Å². The number of amides is 3. The number of morpholine rings is 1. The maximum Gasteiger partial charge on any atom is 0.294 e. The van der Waals surface area contributed by atoms with Gasteiger partial charge in [-0.3, -0.25) is 19.3 Å². The van der Waals surface area contributed by atoms with Crippen LogP contribution in [0.4, 0.5) is 20.6 Å². The molecule has 0 unspecified atom stereocenters. The third-order valence-electron chi connectivity index (χ3n) is 6.35. The monoisotopic (exact) mass is 703 g/mol. The van der Waals surface area contributed by atoms with Crippen LogP contribution < -0.4 is 15.0 Å². The first kappa shape index (κ1) is 29.3. The Kier molecular flexibility index (Phi) is 9.43. The normalized spacial score (nSPS) is 16.4. The molecule has 2 heterocycles. The first-order valence-electron chi connectivity index (χ1n) is 12.6. The highest BCUT2D eigenvalue weighted by molar-refractivity contribution is 9.11. The van der Waals surface area contributed by atoms with Gasteiger partial charge in [-0.05, 0) is 97.7 Å². The van der Waals surface area contributed by atoms with Crippen LogP contribution in [-0.4, -0.2) is 54.8 Å². The molecule has 0 atom stereocenters. The lowest BCUT2D eigenvalue weighted by molar-refractivity contribution is -0.127. The largest absolute Gasteiger partial charge is 0.486 e. The van der Waals surface area contributed by atoms with Crippen molar-refractivity contribution in [1.29, 1.82) is 0 Å². The Morgan fingerprint density at radius 3 is 2.41 bits per heavy atom. The first-order valence-corrected chi connectivity index (χ1v) is 15.0. The van der Waals surface area contributed by atoms with E-state index in [0.717, 1.165) is 35.4 Å². The van der Waals surface area contributed by atoms with E-state index < -0.39 is 23.6 Å². The molecule has 12 heteroatoms. The fourth-order valence-corrected chi connectivity index (χ4v) is 6.56. The van der Waals surface area contributed by atoms with Gasteiger partial charge in [-0.1, -0.05) is 18.2 Å². The number of imide groups is 1. The zero-order valence-corrected chi connectivity index (χ0v) is 25.6. The van der Waals surface area contributed by atoms with Gasteiger partial charge in [0, 0.05) is 30.0 Å². The number of anilines is 2. The molecule has 2 aliphatic heterocycles. The van der Waals surface area contributed by atoms with Crippen LogP contribution in [0.25, 0.3) is 6.08 Å². The van der Waals surface area contributed by atoms with Gasteiger partial charge in [0.15, 0.2) is 0 Å². The Morgan fingerprint density at radius 1 is 1.05 bits per heavy atom. The van der Waals surface area contributed by atoms with E-state index in [9.17, 15) is 18.8 Å². The molecule has 3 aromatic rings. The summed E-state index contributed by atoms with van der Waals surface area (Å²) in [5.74, 6) is -0.921. The summed E-state index contributed by atoms with van der Waals surface area (Å²) in [6.07, 6.45) is 1.57. The maximum atomic E-state index is 13.9. The summed E-state index contributed by atoms with van der Waals surface area (Å²) in [6.45, 7) is 2.59. The van der Waals surface area contributed by atoms with Crippen LogP contribution in [0.2, 0.25) is 0 Å². The Morgan fingerprint density at radius 2 is 1.73 bits per heavy atom. The van der Waals surface area contributed by atoms with Gasteiger partial charge in [0.2, 0.25) is 5.91 Å². The van der Waals surface area contributed by atoms with Crippen molar-refractivity contribution in [2.45, 2.75) is 6.61 Å². The third kappa shape index (κ3) is 7.18. The second-order valence-corrected chi connectivity index (χ2v) is 11.9. The number of rotatable bonds is 8. The minimum absolute atomic E-state index is 0.0300. The van der Waals surface area contributed by atoms with Gasteiger partial charge >= 0.3 is 0 Å². The van der Waals surface area contributed by atoms with Crippen molar-refractivity contribution < 1.29 is 28.2 Å². The number of carbonyl (C=O) groups excluding carboxylic acids is 3. The van der Waals surface area contributed by atoms with Crippen molar-refractivity contribution >= 4 is 78.1 Å². The number of hydrogen-bond donors (Lipinski definition) is 1. The number of hydrogen-bond acceptors (Lipinski definition) is 7. The highest BCUT2D eigenvalue weighted by atomic mass is 79.9. The minimum atomic E-state index is -0.551. The van der Waals surface area contributed by atoms with E-state index in [1.54, 1.807) is 48.5 Å². The van der Waals surface area contributed by atoms with E-state index in [2.05, 4.69) is 42.1 Å². The van der Waals surface area contributed by atoms with Gasteiger partial charge in [0.25, 0.3) is 11.1 Å². The second-order valence-electron chi connectivity index (χ2n) is 9.16. The summed E-state index contributed by atoms with van der Waals surface area (Å²) in [5.41, 5.74) is 2.64. The predicted molar refractivity (Wildman–Crippen MR) is 163 cm³/mol. The lowest BCUT2D eigenvalue weighted by atomic mass is 10.2. The van der Waals surface area contributed by atoms with Gasteiger partial charge in [-0.25, -0.2) is 4.39 Å². The number of ether oxygens (including phenoxy) is 2. The van der Waals surface area contributed by atoms with E-state index in [-0.39, 0.29) is 17.3 Å². The zero-order chi connectivity index (χ0) is 28.9. The topological polar surface area (TPSA) is 88.2 Å². The Bertz CT molecular complexity index is 1490. The van der Waals surface area contributed by atoms with Crippen LogP contribution in [0.15, 0.2) is 74.5 Å². The number of nitrogens with one attached hydrogen (secondary N) is 1. The lowest BCUT2D eigenvalue weighted by Gasteiger charge is -2.28. The van der Waals surface area contributed by atoms with Gasteiger partial charge < -0.3 is 19.7 Å². The molecule has 212 valence electrons. The number of carbonyl (C=O) groups is 3. The average molecular weight is 705 g/mol. The summed E-state index contributed by atoms with van der Waals surface area (Å²) in [5, 5.41) is 2.22. The molecule has 0 bridgehead atoms. The lowest BCUT2D eigenvalue weighted by Crippen LogP contribution is -2.36. The van der Waals surface area contributed by atoms with Crippen LogP contribution in [-0.2, 0) is 20.9 Å². The molecule has 1 N–H and O–H groups in total. The molecule has 2 saturated heterocycles. The molecule has 0 aromatic heterocycles. The number of nitrogens with zero attached hydrogens (tertiary/aromatic N) is 2. The summed E-state index contributed by atoms with van der Waals surface area (Å²) in [7, 11) is 0. The molecule has 0 aliphatic carbocycles. The van der Waals surface area contributed by atoms with Crippen LogP contribution in [0.3, 0.4) is 0 Å². The summed E-state index contributed by atoms with van der Waals surface area (Å²) < 4.78 is 26.3. The third-order valence-corrected chi connectivity index (χ3v) is 8.44. The molecule has 8 nitrogen and oxygen atoms in total. The quantitative estimate of drug-likeness (QED) is 0.270. The second kappa shape index (κ2) is 13.2. The highest BCUT2D eigenvalue weighted by Gasteiger charge is 2.36. The maximum absolute atomic E-state index is 13.9. The average Bonchev–Trinajstić information content (AvgIpc) is 3.21. The molecule has 0 radical (unpaired) electrons. The molecule has 3 amide bonds.